The summed E-state index contributed by atoms with van der Waals surface area (Å²) in [4.78, 5) is 27.0. The van der Waals surface area contributed by atoms with Crippen LogP contribution in [0.4, 0.5) is 4.39 Å². The molecule has 1 N–H and O–H groups in total. The summed E-state index contributed by atoms with van der Waals surface area (Å²) in [6.07, 6.45) is 2.54. The lowest BCUT2D eigenvalue weighted by atomic mass is 10.1. The molecule has 0 aliphatic heterocycles. The van der Waals surface area contributed by atoms with Crippen LogP contribution in [0.5, 0.6) is 5.75 Å². The number of aromatic nitrogens is 2. The van der Waals surface area contributed by atoms with Gasteiger partial charge in [0, 0.05) is 18.0 Å². The molecule has 0 unspecified atom stereocenters. The zero-order valence-electron chi connectivity index (χ0n) is 15.4. The molecule has 0 aliphatic carbocycles. The van der Waals surface area contributed by atoms with Gasteiger partial charge in [0.05, 0.1) is 13.2 Å². The maximum absolute atomic E-state index is 14.8. The number of H-pyrrole nitrogens is 1. The van der Waals surface area contributed by atoms with Crippen LogP contribution in [0, 0.1) is 11.7 Å². The van der Waals surface area contributed by atoms with Crippen molar-refractivity contribution in [1.29, 1.82) is 0 Å². The van der Waals surface area contributed by atoms with Crippen molar-refractivity contribution in [2.75, 3.05) is 13.2 Å². The van der Waals surface area contributed by atoms with E-state index in [4.69, 9.17) is 9.47 Å². The van der Waals surface area contributed by atoms with Crippen molar-refractivity contribution in [2.45, 2.75) is 20.8 Å². The minimum atomic E-state index is -0.747. The van der Waals surface area contributed by atoms with Gasteiger partial charge in [0.25, 0.3) is 5.56 Å². The Hall–Kier alpha value is -3.09. The number of rotatable bonds is 6. The summed E-state index contributed by atoms with van der Waals surface area (Å²) in [5.74, 6) is -0.225. The molecule has 0 amide bonds. The number of ether oxygens (including phenoxy) is 2. The SMILES string of the molecule is CCOC(=O)c1c[nH]c2c(F)c(-c3ccc(OCC(C)C)cc3)cn2c1=O. The van der Waals surface area contributed by atoms with Gasteiger partial charge in [-0.25, -0.2) is 9.18 Å². The van der Waals surface area contributed by atoms with Crippen molar-refractivity contribution in [3.63, 3.8) is 0 Å². The Morgan fingerprint density at radius 2 is 1.96 bits per heavy atom. The van der Waals surface area contributed by atoms with E-state index in [0.29, 0.717) is 23.8 Å². The molecule has 2 aromatic heterocycles. The second-order valence-corrected chi connectivity index (χ2v) is 6.53. The summed E-state index contributed by atoms with van der Waals surface area (Å²) in [6.45, 7) is 6.49. The van der Waals surface area contributed by atoms with E-state index in [2.05, 4.69) is 18.8 Å². The molecule has 6 nitrogen and oxygen atoms in total. The Bertz CT molecular complexity index is 1020. The highest BCUT2D eigenvalue weighted by atomic mass is 19.1. The number of esters is 1. The Morgan fingerprint density at radius 3 is 2.59 bits per heavy atom. The van der Waals surface area contributed by atoms with E-state index < -0.39 is 17.3 Å². The number of hydrogen-bond donors (Lipinski definition) is 1. The number of aromatic amines is 1. The lowest BCUT2D eigenvalue weighted by molar-refractivity contribution is 0.0523. The van der Waals surface area contributed by atoms with Gasteiger partial charge in [-0.2, -0.15) is 0 Å². The van der Waals surface area contributed by atoms with E-state index in [1.165, 1.54) is 12.4 Å². The summed E-state index contributed by atoms with van der Waals surface area (Å²) in [5.41, 5.74) is 0.0223. The topological polar surface area (TPSA) is 72.8 Å². The fraction of sp³-hybridized carbons (Fsp3) is 0.300. The average Bonchev–Trinajstić information content (AvgIpc) is 2.98. The quantitative estimate of drug-likeness (QED) is 0.671. The summed E-state index contributed by atoms with van der Waals surface area (Å²) >= 11 is 0. The zero-order chi connectivity index (χ0) is 19.6. The number of fused-ring (bicyclic) bond motifs is 1. The predicted molar refractivity (Wildman–Crippen MR) is 99.7 cm³/mol. The van der Waals surface area contributed by atoms with Gasteiger partial charge in [-0.05, 0) is 30.5 Å². The van der Waals surface area contributed by atoms with Crippen molar-refractivity contribution in [2.24, 2.45) is 5.92 Å². The molecule has 27 heavy (non-hydrogen) atoms. The summed E-state index contributed by atoms with van der Waals surface area (Å²) in [7, 11) is 0. The standard InChI is InChI=1S/C20H21FN2O4/c1-4-26-20(25)15-9-22-18-17(21)16(10-23(18)19(15)24)13-5-7-14(8-6-13)27-11-12(2)3/h5-10,12,22H,4,11H2,1-3H3. The van der Waals surface area contributed by atoms with Crippen LogP contribution in [0.15, 0.2) is 41.5 Å². The van der Waals surface area contributed by atoms with Crippen LogP contribution in [-0.4, -0.2) is 28.6 Å². The molecule has 3 rings (SSSR count). The molecular formula is C20H21FN2O4. The Morgan fingerprint density at radius 1 is 1.26 bits per heavy atom. The zero-order valence-corrected chi connectivity index (χ0v) is 15.4. The molecule has 2 heterocycles. The monoisotopic (exact) mass is 372 g/mol. The number of hydrogen-bond acceptors (Lipinski definition) is 4. The van der Waals surface area contributed by atoms with Crippen molar-refractivity contribution in [3.05, 3.63) is 58.4 Å². The Labute approximate surface area is 155 Å². The van der Waals surface area contributed by atoms with Crippen LogP contribution in [-0.2, 0) is 4.74 Å². The number of carbonyl (C=O) groups excluding carboxylic acids is 1. The lowest BCUT2D eigenvalue weighted by Crippen LogP contribution is -2.23. The molecule has 0 bridgehead atoms. The molecule has 0 saturated carbocycles. The Balaban J connectivity index is 1.98. The highest BCUT2D eigenvalue weighted by Gasteiger charge is 2.19. The van der Waals surface area contributed by atoms with Crippen LogP contribution in [0.1, 0.15) is 31.1 Å². The number of benzene rings is 1. The van der Waals surface area contributed by atoms with Gasteiger partial charge in [-0.1, -0.05) is 26.0 Å². The third-order valence-electron chi connectivity index (χ3n) is 3.99. The van der Waals surface area contributed by atoms with Crippen molar-refractivity contribution in [1.82, 2.24) is 9.38 Å². The van der Waals surface area contributed by atoms with Crippen LogP contribution >= 0.6 is 0 Å². The minimum absolute atomic E-state index is 0.0109. The van der Waals surface area contributed by atoms with Gasteiger partial charge in [0.15, 0.2) is 11.5 Å². The molecule has 1 aromatic carbocycles. The van der Waals surface area contributed by atoms with Crippen LogP contribution in [0.25, 0.3) is 16.8 Å². The number of nitrogens with one attached hydrogen (secondary N) is 1. The van der Waals surface area contributed by atoms with Gasteiger partial charge in [-0.3, -0.25) is 9.20 Å². The minimum Gasteiger partial charge on any atom is -0.493 e. The highest BCUT2D eigenvalue weighted by Crippen LogP contribution is 2.27. The second kappa shape index (κ2) is 7.65. The average molecular weight is 372 g/mol. The maximum Gasteiger partial charge on any atom is 0.345 e. The third-order valence-corrected chi connectivity index (χ3v) is 3.99. The summed E-state index contributed by atoms with van der Waals surface area (Å²) < 4.78 is 26.4. The van der Waals surface area contributed by atoms with E-state index in [-0.39, 0.29) is 23.4 Å². The van der Waals surface area contributed by atoms with E-state index >= 15 is 0 Å². The number of nitrogens with zero attached hydrogens (tertiary/aromatic N) is 1. The van der Waals surface area contributed by atoms with Gasteiger partial charge >= 0.3 is 5.97 Å². The fourth-order valence-corrected chi connectivity index (χ4v) is 2.66. The molecule has 0 saturated heterocycles. The fourth-order valence-electron chi connectivity index (χ4n) is 2.66. The van der Waals surface area contributed by atoms with Crippen LogP contribution < -0.4 is 10.3 Å². The lowest BCUT2D eigenvalue weighted by Gasteiger charge is -2.08. The second-order valence-electron chi connectivity index (χ2n) is 6.53. The van der Waals surface area contributed by atoms with Crippen molar-refractivity contribution >= 4 is 11.6 Å². The number of halogens is 1. The van der Waals surface area contributed by atoms with Crippen molar-refractivity contribution < 1.29 is 18.7 Å². The maximum atomic E-state index is 14.8. The van der Waals surface area contributed by atoms with Gasteiger partial charge < -0.3 is 14.5 Å². The molecule has 0 aliphatic rings. The highest BCUT2D eigenvalue weighted by molar-refractivity contribution is 5.89. The largest absolute Gasteiger partial charge is 0.493 e. The normalized spacial score (nSPS) is 11.1. The van der Waals surface area contributed by atoms with Crippen molar-refractivity contribution in [3.8, 4) is 16.9 Å². The molecule has 0 fully saturated rings. The van der Waals surface area contributed by atoms with Gasteiger partial charge in [0.2, 0.25) is 0 Å². The van der Waals surface area contributed by atoms with Gasteiger partial charge in [0.1, 0.15) is 11.3 Å². The van der Waals surface area contributed by atoms with E-state index in [9.17, 15) is 14.0 Å². The molecule has 0 radical (unpaired) electrons. The Kier molecular flexibility index (Phi) is 5.30. The number of carbonyl (C=O) groups is 1. The molecule has 0 spiro atoms. The van der Waals surface area contributed by atoms with E-state index in [0.717, 1.165) is 4.40 Å². The molecule has 7 heteroatoms. The first-order valence-corrected chi connectivity index (χ1v) is 8.75. The van der Waals surface area contributed by atoms with E-state index in [1.807, 2.05) is 0 Å². The van der Waals surface area contributed by atoms with Gasteiger partial charge in [-0.15, -0.1) is 0 Å². The summed E-state index contributed by atoms with van der Waals surface area (Å²) in [6, 6.07) is 6.96. The third kappa shape index (κ3) is 3.72. The molecular weight excluding hydrogens is 351 g/mol. The summed E-state index contributed by atoms with van der Waals surface area (Å²) in [5, 5.41) is 0. The van der Waals surface area contributed by atoms with Crippen LogP contribution in [0.2, 0.25) is 0 Å². The molecule has 142 valence electrons. The van der Waals surface area contributed by atoms with E-state index in [1.54, 1.807) is 31.2 Å². The molecule has 3 aromatic rings. The predicted octanol–water partition coefficient (Wildman–Crippen LogP) is 3.65. The first-order valence-electron chi connectivity index (χ1n) is 8.75. The smallest absolute Gasteiger partial charge is 0.345 e. The van der Waals surface area contributed by atoms with Crippen LogP contribution in [0.3, 0.4) is 0 Å². The first-order chi connectivity index (χ1) is 12.9. The molecule has 0 atom stereocenters. The first kappa shape index (κ1) is 18.7.